The molecule has 0 aliphatic carbocycles. The molecule has 2 saturated heterocycles. The van der Waals surface area contributed by atoms with Crippen LogP contribution in [0.25, 0.3) is 0 Å². The standard InChI is InChI=1S/C19H30N4O/c1-21(17-5-3-2-4-6-17)18-7-12-22(13-8-18)14-9-19(24)23-15-10-20-11-16-23/h2-6,18,20H,7-16H2,1H3. The van der Waals surface area contributed by atoms with Crippen LogP contribution in [0.4, 0.5) is 5.69 Å². The summed E-state index contributed by atoms with van der Waals surface area (Å²) in [7, 11) is 2.20. The van der Waals surface area contributed by atoms with Gasteiger partial charge < -0.3 is 20.0 Å². The Bertz CT molecular complexity index is 507. The Labute approximate surface area is 145 Å². The van der Waals surface area contributed by atoms with Gasteiger partial charge in [-0.2, -0.15) is 0 Å². The third-order valence-corrected chi connectivity index (χ3v) is 5.38. The Morgan fingerprint density at radius 1 is 1.12 bits per heavy atom. The number of rotatable bonds is 5. The Hall–Kier alpha value is -1.59. The van der Waals surface area contributed by atoms with E-state index >= 15 is 0 Å². The van der Waals surface area contributed by atoms with Gasteiger partial charge in [-0.3, -0.25) is 4.79 Å². The zero-order chi connectivity index (χ0) is 16.8. The summed E-state index contributed by atoms with van der Waals surface area (Å²) in [4.78, 5) is 19.1. The predicted octanol–water partition coefficient (Wildman–Crippen LogP) is 1.41. The van der Waals surface area contributed by atoms with E-state index in [1.165, 1.54) is 18.5 Å². The van der Waals surface area contributed by atoms with E-state index in [4.69, 9.17) is 0 Å². The van der Waals surface area contributed by atoms with Gasteiger partial charge in [-0.1, -0.05) is 18.2 Å². The van der Waals surface area contributed by atoms with Crippen molar-refractivity contribution < 1.29 is 4.79 Å². The van der Waals surface area contributed by atoms with Crippen molar-refractivity contribution >= 4 is 11.6 Å². The third-order valence-electron chi connectivity index (χ3n) is 5.38. The number of benzene rings is 1. The fraction of sp³-hybridized carbons (Fsp3) is 0.632. The molecule has 0 radical (unpaired) electrons. The topological polar surface area (TPSA) is 38.8 Å². The molecular formula is C19H30N4O. The average molecular weight is 330 g/mol. The van der Waals surface area contributed by atoms with Crippen LogP contribution < -0.4 is 10.2 Å². The van der Waals surface area contributed by atoms with Crippen LogP contribution in [0.5, 0.6) is 0 Å². The molecule has 5 heteroatoms. The van der Waals surface area contributed by atoms with Crippen molar-refractivity contribution in [3.05, 3.63) is 30.3 Å². The molecule has 1 N–H and O–H groups in total. The Morgan fingerprint density at radius 3 is 2.46 bits per heavy atom. The molecular weight excluding hydrogens is 300 g/mol. The highest BCUT2D eigenvalue weighted by atomic mass is 16.2. The van der Waals surface area contributed by atoms with Crippen molar-refractivity contribution in [2.75, 3.05) is 57.8 Å². The van der Waals surface area contributed by atoms with Crippen LogP contribution in [0.3, 0.4) is 0 Å². The number of piperidine rings is 1. The molecule has 132 valence electrons. The second-order valence-corrected chi connectivity index (χ2v) is 6.90. The van der Waals surface area contributed by atoms with Gasteiger partial charge in [0.05, 0.1) is 0 Å². The highest BCUT2D eigenvalue weighted by molar-refractivity contribution is 5.76. The number of anilines is 1. The molecule has 2 fully saturated rings. The van der Waals surface area contributed by atoms with Crippen LogP contribution in [0, 0.1) is 0 Å². The molecule has 2 aliphatic heterocycles. The summed E-state index contributed by atoms with van der Waals surface area (Å²) in [6.07, 6.45) is 3.01. The second-order valence-electron chi connectivity index (χ2n) is 6.90. The van der Waals surface area contributed by atoms with E-state index < -0.39 is 0 Å². The molecule has 1 amide bonds. The maximum absolute atomic E-state index is 12.3. The van der Waals surface area contributed by atoms with Crippen LogP contribution in [-0.4, -0.2) is 74.6 Å². The van der Waals surface area contributed by atoms with E-state index in [2.05, 4.69) is 52.5 Å². The molecule has 0 saturated carbocycles. The van der Waals surface area contributed by atoms with Gasteiger partial charge in [-0.15, -0.1) is 0 Å². The Kier molecular flexibility index (Phi) is 6.10. The molecule has 1 aromatic carbocycles. The minimum absolute atomic E-state index is 0.319. The highest BCUT2D eigenvalue weighted by Crippen LogP contribution is 2.21. The summed E-state index contributed by atoms with van der Waals surface area (Å²) in [5.74, 6) is 0.319. The zero-order valence-corrected chi connectivity index (χ0v) is 14.8. The van der Waals surface area contributed by atoms with Gasteiger partial charge in [0.2, 0.25) is 5.91 Å². The number of carbonyl (C=O) groups is 1. The van der Waals surface area contributed by atoms with Crippen molar-refractivity contribution in [3.63, 3.8) is 0 Å². The molecule has 2 aliphatic rings. The van der Waals surface area contributed by atoms with E-state index in [1.807, 2.05) is 4.90 Å². The summed E-state index contributed by atoms with van der Waals surface area (Å²) in [6, 6.07) is 11.2. The third kappa shape index (κ3) is 4.48. The molecule has 1 aromatic rings. The lowest BCUT2D eigenvalue weighted by atomic mass is 10.0. The van der Waals surface area contributed by atoms with Crippen molar-refractivity contribution in [2.45, 2.75) is 25.3 Å². The molecule has 24 heavy (non-hydrogen) atoms. The molecule has 0 spiro atoms. The van der Waals surface area contributed by atoms with Gasteiger partial charge in [0.1, 0.15) is 0 Å². The predicted molar refractivity (Wildman–Crippen MR) is 98.4 cm³/mol. The number of nitrogens with zero attached hydrogens (tertiary/aromatic N) is 3. The second kappa shape index (κ2) is 8.49. The molecule has 3 rings (SSSR count). The van der Waals surface area contributed by atoms with Gasteiger partial charge in [0.25, 0.3) is 0 Å². The normalized spacial score (nSPS) is 20.1. The number of likely N-dealkylation sites (tertiary alicyclic amines) is 1. The lowest BCUT2D eigenvalue weighted by molar-refractivity contribution is -0.132. The van der Waals surface area contributed by atoms with Gasteiger partial charge in [-0.05, 0) is 25.0 Å². The fourth-order valence-corrected chi connectivity index (χ4v) is 3.73. The van der Waals surface area contributed by atoms with Gasteiger partial charge in [-0.25, -0.2) is 0 Å². The van der Waals surface area contributed by atoms with Crippen LogP contribution in [-0.2, 0) is 4.79 Å². The first-order valence-corrected chi connectivity index (χ1v) is 9.23. The summed E-state index contributed by atoms with van der Waals surface area (Å²) in [5, 5.41) is 3.29. The highest BCUT2D eigenvalue weighted by Gasteiger charge is 2.24. The van der Waals surface area contributed by atoms with E-state index in [0.717, 1.165) is 45.8 Å². The quantitative estimate of drug-likeness (QED) is 0.886. The Morgan fingerprint density at radius 2 is 1.79 bits per heavy atom. The first-order valence-electron chi connectivity index (χ1n) is 9.23. The van der Waals surface area contributed by atoms with E-state index in [-0.39, 0.29) is 0 Å². The Balaban J connectivity index is 1.39. The smallest absolute Gasteiger partial charge is 0.223 e. The largest absolute Gasteiger partial charge is 0.372 e. The number of hydrogen-bond donors (Lipinski definition) is 1. The first kappa shape index (κ1) is 17.2. The number of amides is 1. The number of nitrogens with one attached hydrogen (secondary N) is 1. The maximum atomic E-state index is 12.3. The zero-order valence-electron chi connectivity index (χ0n) is 14.8. The summed E-state index contributed by atoms with van der Waals surface area (Å²) < 4.78 is 0. The van der Waals surface area contributed by atoms with Crippen molar-refractivity contribution in [2.24, 2.45) is 0 Å². The molecule has 5 nitrogen and oxygen atoms in total. The minimum Gasteiger partial charge on any atom is -0.372 e. The van der Waals surface area contributed by atoms with Crippen LogP contribution in [0.2, 0.25) is 0 Å². The number of hydrogen-bond acceptors (Lipinski definition) is 4. The van der Waals surface area contributed by atoms with Crippen molar-refractivity contribution in [1.29, 1.82) is 0 Å². The van der Waals surface area contributed by atoms with Crippen molar-refractivity contribution in [3.8, 4) is 0 Å². The monoisotopic (exact) mass is 330 g/mol. The molecule has 2 heterocycles. The maximum Gasteiger partial charge on any atom is 0.223 e. The average Bonchev–Trinajstić information content (AvgIpc) is 2.67. The fourth-order valence-electron chi connectivity index (χ4n) is 3.73. The van der Waals surface area contributed by atoms with Gasteiger partial charge >= 0.3 is 0 Å². The lowest BCUT2D eigenvalue weighted by Crippen LogP contribution is -2.48. The molecule has 0 aromatic heterocycles. The molecule has 0 bridgehead atoms. The van der Waals surface area contributed by atoms with Gasteiger partial charge in [0, 0.05) is 71.0 Å². The van der Waals surface area contributed by atoms with Crippen LogP contribution in [0.1, 0.15) is 19.3 Å². The van der Waals surface area contributed by atoms with E-state index in [9.17, 15) is 4.79 Å². The van der Waals surface area contributed by atoms with Gasteiger partial charge in [0.15, 0.2) is 0 Å². The van der Waals surface area contributed by atoms with E-state index in [1.54, 1.807) is 0 Å². The summed E-state index contributed by atoms with van der Waals surface area (Å²) in [6.45, 7) is 6.69. The number of carbonyl (C=O) groups excluding carboxylic acids is 1. The molecule has 0 atom stereocenters. The summed E-state index contributed by atoms with van der Waals surface area (Å²) in [5.41, 5.74) is 1.30. The van der Waals surface area contributed by atoms with Crippen molar-refractivity contribution in [1.82, 2.24) is 15.1 Å². The SMILES string of the molecule is CN(c1ccccc1)C1CCN(CCC(=O)N2CCNCC2)CC1. The van der Waals surface area contributed by atoms with Crippen LogP contribution >= 0.6 is 0 Å². The first-order chi connectivity index (χ1) is 11.7. The van der Waals surface area contributed by atoms with Crippen LogP contribution in [0.15, 0.2) is 30.3 Å². The summed E-state index contributed by atoms with van der Waals surface area (Å²) >= 11 is 0. The number of piperazine rings is 1. The lowest BCUT2D eigenvalue weighted by Gasteiger charge is -2.38. The van der Waals surface area contributed by atoms with E-state index in [0.29, 0.717) is 18.4 Å². The molecule has 0 unspecified atom stereocenters. The number of para-hydroxylation sites is 1. The minimum atomic E-state index is 0.319.